The summed E-state index contributed by atoms with van der Waals surface area (Å²) < 4.78 is 7.62. The van der Waals surface area contributed by atoms with Crippen LogP contribution in [0.15, 0.2) is 152 Å². The molecule has 4 aromatic heterocycles. The van der Waals surface area contributed by atoms with Crippen LogP contribution in [-0.4, -0.2) is 14.5 Å². The Morgan fingerprint density at radius 1 is 0.449 bits per heavy atom. The largest absolute Gasteiger partial charge is 0.276 e. The number of hydrogen-bond acceptors (Lipinski definition) is 4. The summed E-state index contributed by atoms with van der Waals surface area (Å²) in [6, 6.07) is 54.3. The van der Waals surface area contributed by atoms with Gasteiger partial charge in [-0.3, -0.25) is 4.57 Å². The molecule has 0 fully saturated rings. The van der Waals surface area contributed by atoms with Crippen LogP contribution in [0.2, 0.25) is 0 Å². The molecule has 11 rings (SSSR count). The number of nitrogens with zero attached hydrogens (tertiary/aromatic N) is 3. The minimum absolute atomic E-state index is 0.685. The molecule has 0 saturated carbocycles. The molecule has 0 radical (unpaired) electrons. The highest BCUT2D eigenvalue weighted by Gasteiger charge is 2.22. The summed E-state index contributed by atoms with van der Waals surface area (Å²) in [5, 5.41) is 8.55. The van der Waals surface area contributed by atoms with E-state index >= 15 is 0 Å². The van der Waals surface area contributed by atoms with Crippen LogP contribution in [-0.2, 0) is 0 Å². The van der Waals surface area contributed by atoms with Crippen LogP contribution in [0.4, 0.5) is 0 Å². The smallest absolute Gasteiger partial charge is 0.235 e. The number of aromatic nitrogens is 3. The van der Waals surface area contributed by atoms with E-state index in [-0.39, 0.29) is 0 Å². The lowest BCUT2D eigenvalue weighted by molar-refractivity contribution is 1.02. The number of fused-ring (bicyclic) bond motifs is 11. The lowest BCUT2D eigenvalue weighted by Gasteiger charge is -2.14. The molecule has 0 bridgehead atoms. The van der Waals surface area contributed by atoms with Crippen molar-refractivity contribution in [1.82, 2.24) is 14.5 Å². The van der Waals surface area contributed by atoms with Crippen molar-refractivity contribution in [3.8, 4) is 28.3 Å². The first-order valence-corrected chi connectivity index (χ1v) is 18.1. The lowest BCUT2D eigenvalue weighted by Crippen LogP contribution is -2.03. The van der Waals surface area contributed by atoms with Crippen LogP contribution in [0.5, 0.6) is 0 Å². The van der Waals surface area contributed by atoms with Gasteiger partial charge in [0.05, 0.1) is 36.3 Å². The Hall–Kier alpha value is -5.88. The summed E-state index contributed by atoms with van der Waals surface area (Å²) in [5.41, 5.74) is 7.56. The quantitative estimate of drug-likeness (QED) is 0.189. The van der Waals surface area contributed by atoms with Crippen molar-refractivity contribution < 1.29 is 0 Å². The molecular weight excluding hydrogens is 635 g/mol. The molecule has 0 unspecified atom stereocenters. The molecule has 11 aromatic rings. The monoisotopic (exact) mass is 659 g/mol. The van der Waals surface area contributed by atoms with Gasteiger partial charge in [-0.25, -0.2) is 9.97 Å². The third-order valence-electron chi connectivity index (χ3n) is 9.82. The molecule has 0 amide bonds. The molecule has 49 heavy (non-hydrogen) atoms. The zero-order valence-corrected chi connectivity index (χ0v) is 27.7. The number of benzene rings is 7. The Bertz CT molecular complexity index is 3110. The van der Waals surface area contributed by atoms with Gasteiger partial charge in [0.15, 0.2) is 0 Å². The lowest BCUT2D eigenvalue weighted by atomic mass is 9.96. The second-order valence-electron chi connectivity index (χ2n) is 12.5. The maximum atomic E-state index is 5.47. The van der Waals surface area contributed by atoms with Crippen molar-refractivity contribution >= 4 is 95.7 Å². The molecule has 4 heterocycles. The summed E-state index contributed by atoms with van der Waals surface area (Å²) in [7, 11) is 0. The zero-order chi connectivity index (χ0) is 32.1. The van der Waals surface area contributed by atoms with E-state index in [0.29, 0.717) is 5.95 Å². The zero-order valence-electron chi connectivity index (χ0n) is 26.1. The first-order chi connectivity index (χ1) is 24.3. The van der Waals surface area contributed by atoms with Crippen LogP contribution < -0.4 is 0 Å². The Morgan fingerprint density at radius 2 is 1.18 bits per heavy atom. The molecule has 7 aromatic carbocycles. The van der Waals surface area contributed by atoms with Crippen molar-refractivity contribution in [3.63, 3.8) is 0 Å². The Balaban J connectivity index is 1.23. The predicted molar refractivity (Wildman–Crippen MR) is 211 cm³/mol. The van der Waals surface area contributed by atoms with Crippen LogP contribution in [0.25, 0.3) is 101 Å². The van der Waals surface area contributed by atoms with E-state index in [0.717, 1.165) is 33.2 Å². The van der Waals surface area contributed by atoms with Crippen molar-refractivity contribution in [1.29, 1.82) is 0 Å². The fourth-order valence-corrected chi connectivity index (χ4v) is 10.4. The summed E-state index contributed by atoms with van der Waals surface area (Å²) in [5.74, 6) is 0.685. The average molecular weight is 660 g/mol. The second-order valence-corrected chi connectivity index (χ2v) is 14.6. The Kier molecular flexibility index (Phi) is 5.70. The highest BCUT2D eigenvalue weighted by Crippen LogP contribution is 2.48. The second kappa shape index (κ2) is 10.3. The molecule has 0 saturated heterocycles. The van der Waals surface area contributed by atoms with E-state index in [9.17, 15) is 0 Å². The highest BCUT2D eigenvalue weighted by molar-refractivity contribution is 7.37. The molecule has 228 valence electrons. The van der Waals surface area contributed by atoms with Gasteiger partial charge in [0.2, 0.25) is 5.95 Å². The SMILES string of the molecule is c1ccc(-c2nc(-n3c4ccccc4c4ccc5c6sc7ccccc7c6sc5c43)nc3ccc(-c4cccc5ccccc45)cc23)cc1. The van der Waals surface area contributed by atoms with Gasteiger partial charge in [-0.05, 0) is 46.2 Å². The molecular formula is C44H25N3S2. The first-order valence-electron chi connectivity index (χ1n) is 16.4. The van der Waals surface area contributed by atoms with Gasteiger partial charge in [-0.15, -0.1) is 22.7 Å². The van der Waals surface area contributed by atoms with Gasteiger partial charge in [-0.2, -0.15) is 0 Å². The van der Waals surface area contributed by atoms with Crippen molar-refractivity contribution in [2.45, 2.75) is 0 Å². The van der Waals surface area contributed by atoms with E-state index in [1.54, 1.807) is 0 Å². The third-order valence-corrected chi connectivity index (χ3v) is 12.4. The van der Waals surface area contributed by atoms with Crippen LogP contribution in [0.3, 0.4) is 0 Å². The van der Waals surface area contributed by atoms with E-state index in [1.165, 1.54) is 62.2 Å². The first kappa shape index (κ1) is 27.1. The summed E-state index contributed by atoms with van der Waals surface area (Å²) in [6.07, 6.45) is 0. The molecule has 0 aliphatic rings. The van der Waals surface area contributed by atoms with Gasteiger partial charge in [0, 0.05) is 37.2 Å². The van der Waals surface area contributed by atoms with Gasteiger partial charge in [0.1, 0.15) is 0 Å². The molecule has 5 heteroatoms. The van der Waals surface area contributed by atoms with E-state index in [2.05, 4.69) is 156 Å². The predicted octanol–water partition coefficient (Wildman–Crippen LogP) is 12.8. The summed E-state index contributed by atoms with van der Waals surface area (Å²) in [4.78, 5) is 10.8. The number of para-hydroxylation sites is 1. The maximum absolute atomic E-state index is 5.47. The summed E-state index contributed by atoms with van der Waals surface area (Å²) in [6.45, 7) is 0. The van der Waals surface area contributed by atoms with E-state index in [4.69, 9.17) is 9.97 Å². The molecule has 0 aliphatic heterocycles. The normalized spacial score (nSPS) is 12.1. The number of rotatable bonds is 3. The van der Waals surface area contributed by atoms with Gasteiger partial charge >= 0.3 is 0 Å². The topological polar surface area (TPSA) is 30.7 Å². The minimum Gasteiger partial charge on any atom is -0.276 e. The average Bonchev–Trinajstić information content (AvgIpc) is 3.82. The Labute approximate surface area is 289 Å². The molecule has 0 N–H and O–H groups in total. The minimum atomic E-state index is 0.685. The van der Waals surface area contributed by atoms with Crippen molar-refractivity contribution in [3.05, 3.63) is 152 Å². The molecule has 0 spiro atoms. The van der Waals surface area contributed by atoms with Gasteiger partial charge in [-0.1, -0.05) is 127 Å². The summed E-state index contributed by atoms with van der Waals surface area (Å²) >= 11 is 3.78. The van der Waals surface area contributed by atoms with Crippen LogP contribution >= 0.6 is 22.7 Å². The molecule has 3 nitrogen and oxygen atoms in total. The van der Waals surface area contributed by atoms with Crippen LogP contribution in [0.1, 0.15) is 0 Å². The van der Waals surface area contributed by atoms with Crippen molar-refractivity contribution in [2.75, 3.05) is 0 Å². The van der Waals surface area contributed by atoms with Crippen molar-refractivity contribution in [2.24, 2.45) is 0 Å². The fraction of sp³-hybridized carbons (Fsp3) is 0. The molecule has 0 aliphatic carbocycles. The maximum Gasteiger partial charge on any atom is 0.235 e. The Morgan fingerprint density at radius 3 is 2.10 bits per heavy atom. The van der Waals surface area contributed by atoms with E-state index in [1.807, 2.05) is 22.7 Å². The van der Waals surface area contributed by atoms with Crippen LogP contribution in [0, 0.1) is 0 Å². The third kappa shape index (κ3) is 3.94. The number of thiophene rings is 2. The van der Waals surface area contributed by atoms with E-state index < -0.39 is 0 Å². The fourth-order valence-electron chi connectivity index (χ4n) is 7.60. The van der Waals surface area contributed by atoms with Gasteiger partial charge < -0.3 is 0 Å². The number of hydrogen-bond donors (Lipinski definition) is 0. The molecule has 0 atom stereocenters. The standard InChI is InChI=1S/C44H25N3S2/c1-2-12-27(13-3-1)39-35-25-28(30-18-10-14-26-11-4-5-15-29(26)30)21-24-36(35)45-44(46-39)47-37-19-8-6-16-31(37)32-22-23-34-41(40(32)47)49-42-33-17-7-9-20-38(33)48-43(34)42/h1-25H. The van der Waals surface area contributed by atoms with Gasteiger partial charge in [0.25, 0.3) is 0 Å². The highest BCUT2D eigenvalue weighted by atomic mass is 32.1.